The van der Waals surface area contributed by atoms with Crippen molar-refractivity contribution in [3.63, 3.8) is 0 Å². The Balaban J connectivity index is 1.94. The normalized spacial score (nSPS) is 18.0. The van der Waals surface area contributed by atoms with Crippen LogP contribution in [0, 0.1) is 5.92 Å². The lowest BCUT2D eigenvalue weighted by atomic mass is 10.0. The zero-order chi connectivity index (χ0) is 15.2. The van der Waals surface area contributed by atoms with Gasteiger partial charge in [-0.25, -0.2) is 4.98 Å². The van der Waals surface area contributed by atoms with Crippen molar-refractivity contribution in [3.8, 4) is 0 Å². The third kappa shape index (κ3) is 5.33. The third-order valence-corrected chi connectivity index (χ3v) is 5.14. The number of thiazole rings is 1. The summed E-state index contributed by atoms with van der Waals surface area (Å²) in [4.78, 5) is 10.7. The van der Waals surface area contributed by atoms with Gasteiger partial charge in [0.25, 0.3) is 0 Å². The molecule has 0 aliphatic carbocycles. The van der Waals surface area contributed by atoms with Gasteiger partial charge in [0.2, 0.25) is 0 Å². The first-order valence-corrected chi connectivity index (χ1v) is 8.87. The molecule has 0 amide bonds. The van der Waals surface area contributed by atoms with Gasteiger partial charge in [-0.05, 0) is 38.9 Å². The highest BCUT2D eigenvalue weighted by Crippen LogP contribution is 2.22. The van der Waals surface area contributed by atoms with Crippen LogP contribution in [0.2, 0.25) is 0 Å². The molecule has 0 atom stereocenters. The van der Waals surface area contributed by atoms with Crippen LogP contribution in [0.5, 0.6) is 0 Å². The van der Waals surface area contributed by atoms with Crippen LogP contribution in [0.4, 0.5) is 0 Å². The van der Waals surface area contributed by atoms with Crippen molar-refractivity contribution in [3.05, 3.63) is 16.1 Å². The van der Waals surface area contributed by atoms with Gasteiger partial charge in [-0.1, -0.05) is 13.8 Å². The van der Waals surface area contributed by atoms with Gasteiger partial charge >= 0.3 is 0 Å². The SMILES string of the molecule is CC(C)Cc1ncc(CN(CCO)C2CCN(C)CC2)s1. The molecule has 21 heavy (non-hydrogen) atoms. The highest BCUT2D eigenvalue weighted by Gasteiger charge is 2.23. The van der Waals surface area contributed by atoms with Gasteiger partial charge in [0, 0.05) is 36.6 Å². The fourth-order valence-electron chi connectivity index (χ4n) is 2.94. The molecule has 1 aromatic rings. The maximum absolute atomic E-state index is 9.36. The first-order chi connectivity index (χ1) is 10.1. The van der Waals surface area contributed by atoms with Crippen molar-refractivity contribution in [2.75, 3.05) is 33.3 Å². The van der Waals surface area contributed by atoms with Gasteiger partial charge < -0.3 is 10.0 Å². The van der Waals surface area contributed by atoms with E-state index < -0.39 is 0 Å². The molecular weight excluding hydrogens is 282 g/mol. The Bertz CT molecular complexity index is 413. The summed E-state index contributed by atoms with van der Waals surface area (Å²) in [5.41, 5.74) is 0. The van der Waals surface area contributed by atoms with Gasteiger partial charge in [0.1, 0.15) is 0 Å². The topological polar surface area (TPSA) is 39.6 Å². The van der Waals surface area contributed by atoms with E-state index in [-0.39, 0.29) is 6.61 Å². The lowest BCUT2D eigenvalue weighted by Crippen LogP contribution is -2.44. The minimum absolute atomic E-state index is 0.240. The van der Waals surface area contributed by atoms with Gasteiger partial charge in [-0.3, -0.25) is 4.90 Å². The van der Waals surface area contributed by atoms with Crippen LogP contribution in [0.25, 0.3) is 0 Å². The zero-order valence-corrected chi connectivity index (χ0v) is 14.4. The molecule has 1 aliphatic heterocycles. The maximum Gasteiger partial charge on any atom is 0.0930 e. The van der Waals surface area contributed by atoms with E-state index >= 15 is 0 Å². The molecule has 0 bridgehead atoms. The molecule has 1 fully saturated rings. The fourth-order valence-corrected chi connectivity index (χ4v) is 4.10. The van der Waals surface area contributed by atoms with Crippen LogP contribution in [0.1, 0.15) is 36.6 Å². The van der Waals surface area contributed by atoms with Crippen molar-refractivity contribution in [2.45, 2.75) is 45.7 Å². The molecule has 0 radical (unpaired) electrons. The van der Waals surface area contributed by atoms with E-state index in [9.17, 15) is 5.11 Å². The summed E-state index contributed by atoms with van der Waals surface area (Å²) in [6.07, 6.45) is 5.50. The molecule has 0 saturated carbocycles. The van der Waals surface area contributed by atoms with Gasteiger partial charge in [-0.2, -0.15) is 0 Å². The van der Waals surface area contributed by atoms with Crippen molar-refractivity contribution in [2.24, 2.45) is 5.92 Å². The van der Waals surface area contributed by atoms with Crippen LogP contribution in [-0.2, 0) is 13.0 Å². The first kappa shape index (κ1) is 16.9. The number of hydrogen-bond acceptors (Lipinski definition) is 5. The lowest BCUT2D eigenvalue weighted by molar-refractivity contribution is 0.0949. The number of aliphatic hydroxyl groups excluding tert-OH is 1. The minimum atomic E-state index is 0.240. The number of aromatic nitrogens is 1. The molecule has 1 N–H and O–H groups in total. The Labute approximate surface area is 132 Å². The first-order valence-electron chi connectivity index (χ1n) is 8.05. The number of hydrogen-bond donors (Lipinski definition) is 1. The van der Waals surface area contributed by atoms with E-state index in [4.69, 9.17) is 0 Å². The smallest absolute Gasteiger partial charge is 0.0930 e. The molecule has 4 nitrogen and oxygen atoms in total. The predicted octanol–water partition coefficient (Wildman–Crippen LogP) is 2.23. The molecule has 0 aromatic carbocycles. The van der Waals surface area contributed by atoms with E-state index in [1.807, 2.05) is 17.5 Å². The quantitative estimate of drug-likeness (QED) is 0.838. The Morgan fingerprint density at radius 1 is 1.43 bits per heavy atom. The summed E-state index contributed by atoms with van der Waals surface area (Å²) in [5.74, 6) is 0.659. The molecule has 2 rings (SSSR count). The van der Waals surface area contributed by atoms with E-state index in [0.717, 1.165) is 32.6 Å². The molecule has 1 aliphatic rings. The van der Waals surface area contributed by atoms with Gasteiger partial charge in [-0.15, -0.1) is 11.3 Å². The molecule has 0 unspecified atom stereocenters. The third-order valence-electron chi connectivity index (χ3n) is 4.13. The maximum atomic E-state index is 9.36. The number of aliphatic hydroxyl groups is 1. The molecule has 0 spiro atoms. The lowest BCUT2D eigenvalue weighted by Gasteiger charge is -2.36. The van der Waals surface area contributed by atoms with Crippen LogP contribution in [0.3, 0.4) is 0 Å². The van der Waals surface area contributed by atoms with Gasteiger partial charge in [0.05, 0.1) is 11.6 Å². The van der Waals surface area contributed by atoms with E-state index in [2.05, 4.69) is 35.7 Å². The van der Waals surface area contributed by atoms with Crippen LogP contribution in [-0.4, -0.2) is 59.2 Å². The molecular formula is C16H29N3OS. The second kappa shape index (κ2) is 8.22. The summed E-state index contributed by atoms with van der Waals surface area (Å²) in [7, 11) is 2.19. The fraction of sp³-hybridized carbons (Fsp3) is 0.812. The van der Waals surface area contributed by atoms with E-state index in [1.54, 1.807) is 0 Å². The second-order valence-electron chi connectivity index (χ2n) is 6.55. The Morgan fingerprint density at radius 2 is 2.14 bits per heavy atom. The summed E-state index contributed by atoms with van der Waals surface area (Å²) >= 11 is 1.84. The summed E-state index contributed by atoms with van der Waals surface area (Å²) in [6.45, 7) is 8.73. The van der Waals surface area contributed by atoms with Crippen molar-refractivity contribution < 1.29 is 5.11 Å². The van der Waals surface area contributed by atoms with Gasteiger partial charge in [0.15, 0.2) is 0 Å². The highest BCUT2D eigenvalue weighted by molar-refractivity contribution is 7.11. The summed E-state index contributed by atoms with van der Waals surface area (Å²) < 4.78 is 0. The number of rotatable bonds is 7. The van der Waals surface area contributed by atoms with Crippen LogP contribution >= 0.6 is 11.3 Å². The van der Waals surface area contributed by atoms with E-state index in [1.165, 1.54) is 22.7 Å². The van der Waals surface area contributed by atoms with Crippen LogP contribution < -0.4 is 0 Å². The predicted molar refractivity (Wildman–Crippen MR) is 88.7 cm³/mol. The molecule has 2 heterocycles. The summed E-state index contributed by atoms with van der Waals surface area (Å²) in [6, 6.07) is 0.601. The molecule has 1 saturated heterocycles. The van der Waals surface area contributed by atoms with Crippen molar-refractivity contribution in [1.82, 2.24) is 14.8 Å². The largest absolute Gasteiger partial charge is 0.395 e. The van der Waals surface area contributed by atoms with E-state index in [0.29, 0.717) is 12.0 Å². The monoisotopic (exact) mass is 311 g/mol. The number of piperidine rings is 1. The zero-order valence-electron chi connectivity index (χ0n) is 13.6. The summed E-state index contributed by atoms with van der Waals surface area (Å²) in [5, 5.41) is 10.6. The minimum Gasteiger partial charge on any atom is -0.395 e. The Kier molecular flexibility index (Phi) is 6.61. The number of nitrogens with zero attached hydrogens (tertiary/aromatic N) is 3. The standard InChI is InChI=1S/C16H29N3OS/c1-13(2)10-16-17-11-15(21-16)12-19(8-9-20)14-4-6-18(3)7-5-14/h11,13-14,20H,4-10,12H2,1-3H3. The van der Waals surface area contributed by atoms with Crippen LogP contribution in [0.15, 0.2) is 6.20 Å². The second-order valence-corrected chi connectivity index (χ2v) is 7.75. The average molecular weight is 311 g/mol. The number of likely N-dealkylation sites (tertiary alicyclic amines) is 1. The van der Waals surface area contributed by atoms with Crippen molar-refractivity contribution >= 4 is 11.3 Å². The average Bonchev–Trinajstić information content (AvgIpc) is 2.85. The Morgan fingerprint density at radius 3 is 2.76 bits per heavy atom. The molecule has 1 aromatic heterocycles. The molecule has 120 valence electrons. The Hall–Kier alpha value is -0.490. The highest BCUT2D eigenvalue weighted by atomic mass is 32.1. The van der Waals surface area contributed by atoms with Crippen molar-refractivity contribution in [1.29, 1.82) is 0 Å². The molecule has 5 heteroatoms.